The molecule has 0 saturated carbocycles. The third-order valence-electron chi connectivity index (χ3n) is 2.84. The van der Waals surface area contributed by atoms with Crippen molar-refractivity contribution in [3.05, 3.63) is 0 Å². The maximum atomic E-state index is 5.59. The summed E-state index contributed by atoms with van der Waals surface area (Å²) in [7, 11) is 3.67. The summed E-state index contributed by atoms with van der Waals surface area (Å²) < 4.78 is 0. The smallest absolute Gasteiger partial charge is 0.0575 e. The standard InChI is InChI=1S/C11H26N2O/c1-10(2)11(7-8-12)6-5-9-13(3)14-4/h10-11H,5-9,12H2,1-4H3. The number of hydroxylamine groups is 2. The molecule has 0 amide bonds. The van der Waals surface area contributed by atoms with Gasteiger partial charge in [-0.25, -0.2) is 0 Å². The van der Waals surface area contributed by atoms with E-state index in [-0.39, 0.29) is 0 Å². The van der Waals surface area contributed by atoms with Crippen LogP contribution in [0.3, 0.4) is 0 Å². The van der Waals surface area contributed by atoms with Crippen molar-refractivity contribution in [1.82, 2.24) is 5.06 Å². The van der Waals surface area contributed by atoms with Gasteiger partial charge in [0.05, 0.1) is 7.11 Å². The number of hydrogen-bond acceptors (Lipinski definition) is 3. The van der Waals surface area contributed by atoms with Crippen LogP contribution < -0.4 is 5.73 Å². The average Bonchev–Trinajstić information content (AvgIpc) is 2.16. The van der Waals surface area contributed by atoms with Crippen molar-refractivity contribution in [2.45, 2.75) is 33.1 Å². The van der Waals surface area contributed by atoms with Gasteiger partial charge in [-0.3, -0.25) is 0 Å². The van der Waals surface area contributed by atoms with Gasteiger partial charge in [0.1, 0.15) is 0 Å². The second-order valence-corrected chi connectivity index (χ2v) is 4.26. The highest BCUT2D eigenvalue weighted by Crippen LogP contribution is 2.20. The zero-order chi connectivity index (χ0) is 11.0. The fourth-order valence-corrected chi connectivity index (χ4v) is 1.69. The van der Waals surface area contributed by atoms with Crippen LogP contribution in [-0.4, -0.2) is 32.3 Å². The Labute approximate surface area is 88.6 Å². The van der Waals surface area contributed by atoms with Crippen LogP contribution in [0.2, 0.25) is 0 Å². The molecular weight excluding hydrogens is 176 g/mol. The molecule has 0 aliphatic rings. The minimum Gasteiger partial charge on any atom is -0.330 e. The third kappa shape index (κ3) is 6.35. The van der Waals surface area contributed by atoms with E-state index in [2.05, 4.69) is 13.8 Å². The molecule has 3 nitrogen and oxygen atoms in total. The van der Waals surface area contributed by atoms with Crippen molar-refractivity contribution in [2.75, 3.05) is 27.2 Å². The topological polar surface area (TPSA) is 38.5 Å². The number of hydrogen-bond donors (Lipinski definition) is 1. The van der Waals surface area contributed by atoms with Gasteiger partial charge in [-0.1, -0.05) is 13.8 Å². The summed E-state index contributed by atoms with van der Waals surface area (Å²) in [5.41, 5.74) is 5.59. The first-order valence-electron chi connectivity index (χ1n) is 5.57. The summed E-state index contributed by atoms with van der Waals surface area (Å²) in [5.74, 6) is 1.51. The van der Waals surface area contributed by atoms with Crippen LogP contribution in [0.4, 0.5) is 0 Å². The van der Waals surface area contributed by atoms with Gasteiger partial charge >= 0.3 is 0 Å². The normalized spacial score (nSPS) is 13.9. The zero-order valence-electron chi connectivity index (χ0n) is 10.1. The molecule has 0 aliphatic heterocycles. The quantitative estimate of drug-likeness (QED) is 0.611. The van der Waals surface area contributed by atoms with Gasteiger partial charge in [-0.2, -0.15) is 5.06 Å². The Balaban J connectivity index is 3.60. The van der Waals surface area contributed by atoms with E-state index in [1.54, 1.807) is 7.11 Å². The van der Waals surface area contributed by atoms with Crippen LogP contribution in [0.25, 0.3) is 0 Å². The summed E-state index contributed by atoms with van der Waals surface area (Å²) in [6.07, 6.45) is 3.59. The van der Waals surface area contributed by atoms with E-state index in [0.717, 1.165) is 31.3 Å². The third-order valence-corrected chi connectivity index (χ3v) is 2.84. The van der Waals surface area contributed by atoms with Gasteiger partial charge in [-0.05, 0) is 37.6 Å². The Morgan fingerprint density at radius 2 is 1.93 bits per heavy atom. The number of nitrogens with two attached hydrogens (primary N) is 1. The van der Waals surface area contributed by atoms with Gasteiger partial charge in [0.2, 0.25) is 0 Å². The lowest BCUT2D eigenvalue weighted by molar-refractivity contribution is -0.110. The second-order valence-electron chi connectivity index (χ2n) is 4.26. The van der Waals surface area contributed by atoms with Crippen molar-refractivity contribution < 1.29 is 4.84 Å². The SMILES string of the molecule is CON(C)CCCC(CCN)C(C)C. The molecule has 3 heteroatoms. The molecule has 14 heavy (non-hydrogen) atoms. The predicted molar refractivity (Wildman–Crippen MR) is 60.9 cm³/mol. The van der Waals surface area contributed by atoms with Gasteiger partial charge in [0.25, 0.3) is 0 Å². The van der Waals surface area contributed by atoms with Crippen LogP contribution in [-0.2, 0) is 4.84 Å². The molecule has 86 valence electrons. The zero-order valence-corrected chi connectivity index (χ0v) is 10.1. The largest absolute Gasteiger partial charge is 0.330 e. The summed E-state index contributed by atoms with van der Waals surface area (Å²) in [6.45, 7) is 6.37. The second kappa shape index (κ2) is 8.21. The first-order chi connectivity index (χ1) is 6.61. The Hall–Kier alpha value is -0.120. The van der Waals surface area contributed by atoms with Crippen LogP contribution in [0, 0.1) is 11.8 Å². The monoisotopic (exact) mass is 202 g/mol. The van der Waals surface area contributed by atoms with Crippen molar-refractivity contribution in [2.24, 2.45) is 17.6 Å². The van der Waals surface area contributed by atoms with E-state index in [4.69, 9.17) is 10.6 Å². The molecule has 2 N–H and O–H groups in total. The Morgan fingerprint density at radius 1 is 1.29 bits per heavy atom. The molecule has 0 aromatic rings. The minimum atomic E-state index is 0.742. The summed E-state index contributed by atoms with van der Waals surface area (Å²) in [6, 6.07) is 0. The summed E-state index contributed by atoms with van der Waals surface area (Å²) in [4.78, 5) is 5.06. The molecule has 0 rings (SSSR count). The van der Waals surface area contributed by atoms with Crippen molar-refractivity contribution in [1.29, 1.82) is 0 Å². The summed E-state index contributed by atoms with van der Waals surface area (Å²) >= 11 is 0. The Morgan fingerprint density at radius 3 is 2.36 bits per heavy atom. The lowest BCUT2D eigenvalue weighted by Crippen LogP contribution is -2.20. The molecule has 0 aliphatic carbocycles. The molecule has 0 aromatic carbocycles. The molecule has 0 heterocycles. The van der Waals surface area contributed by atoms with Gasteiger partial charge in [0.15, 0.2) is 0 Å². The highest BCUT2D eigenvalue weighted by molar-refractivity contribution is 4.64. The molecule has 1 unspecified atom stereocenters. The van der Waals surface area contributed by atoms with Crippen LogP contribution in [0.1, 0.15) is 33.1 Å². The van der Waals surface area contributed by atoms with Gasteiger partial charge < -0.3 is 10.6 Å². The molecule has 0 aromatic heterocycles. The fourth-order valence-electron chi connectivity index (χ4n) is 1.69. The van der Waals surface area contributed by atoms with E-state index >= 15 is 0 Å². The van der Waals surface area contributed by atoms with Crippen molar-refractivity contribution >= 4 is 0 Å². The van der Waals surface area contributed by atoms with E-state index < -0.39 is 0 Å². The first kappa shape index (κ1) is 13.9. The van der Waals surface area contributed by atoms with Gasteiger partial charge in [-0.15, -0.1) is 0 Å². The maximum Gasteiger partial charge on any atom is 0.0575 e. The molecular formula is C11H26N2O. The predicted octanol–water partition coefficient (Wildman–Crippen LogP) is 1.88. The van der Waals surface area contributed by atoms with Crippen LogP contribution in [0.15, 0.2) is 0 Å². The highest BCUT2D eigenvalue weighted by atomic mass is 16.7. The van der Waals surface area contributed by atoms with Gasteiger partial charge in [0, 0.05) is 13.6 Å². The van der Waals surface area contributed by atoms with Crippen molar-refractivity contribution in [3.63, 3.8) is 0 Å². The molecule has 0 radical (unpaired) electrons. The Bertz CT molecular complexity index is 128. The van der Waals surface area contributed by atoms with Crippen LogP contribution >= 0.6 is 0 Å². The maximum absolute atomic E-state index is 5.59. The minimum absolute atomic E-state index is 0.742. The van der Waals surface area contributed by atoms with E-state index in [1.807, 2.05) is 12.1 Å². The average molecular weight is 202 g/mol. The highest BCUT2D eigenvalue weighted by Gasteiger charge is 2.12. The van der Waals surface area contributed by atoms with E-state index in [9.17, 15) is 0 Å². The lowest BCUT2D eigenvalue weighted by atomic mass is 9.88. The first-order valence-corrected chi connectivity index (χ1v) is 5.57. The Kier molecular flexibility index (Phi) is 8.14. The number of rotatable bonds is 8. The lowest BCUT2D eigenvalue weighted by Gasteiger charge is -2.21. The molecule has 0 saturated heterocycles. The van der Waals surface area contributed by atoms with E-state index in [1.165, 1.54) is 12.8 Å². The van der Waals surface area contributed by atoms with Crippen molar-refractivity contribution in [3.8, 4) is 0 Å². The molecule has 0 spiro atoms. The number of nitrogens with zero attached hydrogens (tertiary/aromatic N) is 1. The summed E-state index contributed by atoms with van der Waals surface area (Å²) in [5, 5.41) is 1.87. The van der Waals surface area contributed by atoms with E-state index in [0.29, 0.717) is 0 Å². The molecule has 0 bridgehead atoms. The molecule has 1 atom stereocenters. The van der Waals surface area contributed by atoms with Crippen LogP contribution in [0.5, 0.6) is 0 Å². The molecule has 0 fully saturated rings. The fraction of sp³-hybridized carbons (Fsp3) is 1.00.